The van der Waals surface area contributed by atoms with Crippen molar-refractivity contribution in [3.05, 3.63) is 29.6 Å². The monoisotopic (exact) mass is 268 g/mol. The third kappa shape index (κ3) is 3.42. The number of rotatable bonds is 4. The van der Waals surface area contributed by atoms with E-state index in [4.69, 9.17) is 9.47 Å². The van der Waals surface area contributed by atoms with Gasteiger partial charge in [0.05, 0.1) is 20.3 Å². The maximum atomic E-state index is 13.7. The lowest BCUT2D eigenvalue weighted by molar-refractivity contribution is 0.0733. The van der Waals surface area contributed by atoms with E-state index < -0.39 is 11.7 Å². The first kappa shape index (κ1) is 13.8. The molecular formula is C13H17FN2O3. The molecule has 1 aliphatic heterocycles. The van der Waals surface area contributed by atoms with Crippen LogP contribution in [0.5, 0.6) is 5.75 Å². The van der Waals surface area contributed by atoms with Crippen LogP contribution in [0.25, 0.3) is 0 Å². The van der Waals surface area contributed by atoms with Crippen molar-refractivity contribution in [2.24, 2.45) is 0 Å². The molecule has 6 heteroatoms. The third-order valence-electron chi connectivity index (χ3n) is 2.93. The fourth-order valence-corrected chi connectivity index (χ4v) is 1.95. The fourth-order valence-electron chi connectivity index (χ4n) is 1.95. The Morgan fingerprint density at radius 2 is 2.47 bits per heavy atom. The molecule has 5 nitrogen and oxygen atoms in total. The fraction of sp³-hybridized carbons (Fsp3) is 0.462. The summed E-state index contributed by atoms with van der Waals surface area (Å²) in [6.07, 6.45) is 0. The van der Waals surface area contributed by atoms with Crippen LogP contribution in [-0.2, 0) is 4.74 Å². The summed E-state index contributed by atoms with van der Waals surface area (Å²) in [6.45, 7) is 2.35. The average molecular weight is 268 g/mol. The number of nitrogens with one attached hydrogen (secondary N) is 2. The van der Waals surface area contributed by atoms with Crippen molar-refractivity contribution in [3.8, 4) is 5.75 Å². The van der Waals surface area contributed by atoms with E-state index >= 15 is 0 Å². The molecule has 1 aromatic carbocycles. The molecule has 1 aromatic rings. The highest BCUT2D eigenvalue weighted by Gasteiger charge is 2.19. The number of morpholine rings is 1. The first-order valence-corrected chi connectivity index (χ1v) is 6.14. The van der Waals surface area contributed by atoms with E-state index in [1.165, 1.54) is 19.2 Å². The highest BCUT2D eigenvalue weighted by atomic mass is 19.1. The van der Waals surface area contributed by atoms with Gasteiger partial charge < -0.3 is 20.1 Å². The maximum Gasteiger partial charge on any atom is 0.258 e. The van der Waals surface area contributed by atoms with Crippen LogP contribution in [0.15, 0.2) is 18.2 Å². The smallest absolute Gasteiger partial charge is 0.258 e. The molecule has 0 spiro atoms. The summed E-state index contributed by atoms with van der Waals surface area (Å²) in [7, 11) is 1.40. The highest BCUT2D eigenvalue weighted by molar-refractivity contribution is 5.97. The number of amides is 1. The van der Waals surface area contributed by atoms with Crippen molar-refractivity contribution in [1.29, 1.82) is 0 Å². The number of methoxy groups -OCH3 is 1. The Balaban J connectivity index is 1.99. The van der Waals surface area contributed by atoms with E-state index in [0.717, 1.165) is 6.54 Å². The molecule has 0 bridgehead atoms. The predicted octanol–water partition coefficient (Wildman–Crippen LogP) is 0.552. The van der Waals surface area contributed by atoms with Gasteiger partial charge in [0.2, 0.25) is 0 Å². The number of halogens is 1. The van der Waals surface area contributed by atoms with Gasteiger partial charge in [0.1, 0.15) is 17.1 Å². The second-order valence-corrected chi connectivity index (χ2v) is 4.25. The van der Waals surface area contributed by atoms with E-state index in [-0.39, 0.29) is 17.4 Å². The van der Waals surface area contributed by atoms with Crippen molar-refractivity contribution >= 4 is 5.91 Å². The number of ether oxygens (including phenoxy) is 2. The summed E-state index contributed by atoms with van der Waals surface area (Å²) in [5, 5.41) is 5.89. The summed E-state index contributed by atoms with van der Waals surface area (Å²) in [5.41, 5.74) is -0.0678. The van der Waals surface area contributed by atoms with Gasteiger partial charge in [-0.25, -0.2) is 4.39 Å². The van der Waals surface area contributed by atoms with E-state index in [9.17, 15) is 9.18 Å². The number of benzene rings is 1. The molecule has 0 saturated carbocycles. The molecule has 104 valence electrons. The lowest BCUT2D eigenvalue weighted by Gasteiger charge is -2.24. The minimum absolute atomic E-state index is 0.0514. The number of carbonyl (C=O) groups excluding carboxylic acids is 1. The quantitative estimate of drug-likeness (QED) is 0.837. The van der Waals surface area contributed by atoms with Crippen LogP contribution in [-0.4, -0.2) is 45.4 Å². The van der Waals surface area contributed by atoms with Crippen molar-refractivity contribution in [1.82, 2.24) is 10.6 Å². The highest BCUT2D eigenvalue weighted by Crippen LogP contribution is 2.20. The minimum atomic E-state index is -0.593. The van der Waals surface area contributed by atoms with Crippen LogP contribution in [0.4, 0.5) is 4.39 Å². The average Bonchev–Trinajstić information content (AvgIpc) is 2.45. The van der Waals surface area contributed by atoms with E-state index in [1.54, 1.807) is 6.07 Å². The Labute approximate surface area is 111 Å². The Hall–Kier alpha value is -1.66. The molecule has 0 aromatic heterocycles. The van der Waals surface area contributed by atoms with Crippen molar-refractivity contribution in [3.63, 3.8) is 0 Å². The van der Waals surface area contributed by atoms with E-state index in [2.05, 4.69) is 10.6 Å². The van der Waals surface area contributed by atoms with Gasteiger partial charge in [-0.2, -0.15) is 0 Å². The van der Waals surface area contributed by atoms with Gasteiger partial charge in [-0.05, 0) is 12.1 Å². The summed E-state index contributed by atoms with van der Waals surface area (Å²) in [5.74, 6) is -0.850. The Bertz CT molecular complexity index is 448. The van der Waals surface area contributed by atoms with Gasteiger partial charge >= 0.3 is 0 Å². The summed E-state index contributed by atoms with van der Waals surface area (Å²) < 4.78 is 23.9. The topological polar surface area (TPSA) is 59.6 Å². The first-order chi connectivity index (χ1) is 9.22. The van der Waals surface area contributed by atoms with Crippen LogP contribution in [0.2, 0.25) is 0 Å². The summed E-state index contributed by atoms with van der Waals surface area (Å²) in [6, 6.07) is 4.34. The van der Waals surface area contributed by atoms with Crippen LogP contribution in [0.1, 0.15) is 10.4 Å². The second kappa shape index (κ2) is 6.49. The minimum Gasteiger partial charge on any atom is -0.496 e. The molecule has 1 saturated heterocycles. The van der Waals surface area contributed by atoms with Crippen LogP contribution < -0.4 is 15.4 Å². The third-order valence-corrected chi connectivity index (χ3v) is 2.93. The standard InChI is InChI=1S/C13H17FN2O3/c1-18-11-4-2-3-10(14)12(11)13(17)16-7-9-8-19-6-5-15-9/h2-4,9,15H,5-8H2,1H3,(H,16,17). The maximum absolute atomic E-state index is 13.7. The van der Waals surface area contributed by atoms with Crippen LogP contribution >= 0.6 is 0 Å². The normalized spacial score (nSPS) is 18.9. The van der Waals surface area contributed by atoms with Crippen molar-refractivity contribution < 1.29 is 18.7 Å². The van der Waals surface area contributed by atoms with Gasteiger partial charge in [-0.3, -0.25) is 4.79 Å². The zero-order valence-electron chi connectivity index (χ0n) is 10.7. The molecule has 19 heavy (non-hydrogen) atoms. The lowest BCUT2D eigenvalue weighted by Crippen LogP contribution is -2.48. The molecule has 1 aliphatic rings. The zero-order chi connectivity index (χ0) is 13.7. The Kier molecular flexibility index (Phi) is 4.70. The second-order valence-electron chi connectivity index (χ2n) is 4.25. The Morgan fingerprint density at radius 1 is 1.63 bits per heavy atom. The van der Waals surface area contributed by atoms with Crippen molar-refractivity contribution in [2.75, 3.05) is 33.4 Å². The first-order valence-electron chi connectivity index (χ1n) is 6.14. The van der Waals surface area contributed by atoms with Gasteiger partial charge in [-0.1, -0.05) is 6.07 Å². The summed E-state index contributed by atoms with van der Waals surface area (Å²) >= 11 is 0. The van der Waals surface area contributed by atoms with E-state index in [1.807, 2.05) is 0 Å². The zero-order valence-corrected chi connectivity index (χ0v) is 10.7. The number of hydrogen-bond acceptors (Lipinski definition) is 4. The largest absolute Gasteiger partial charge is 0.496 e. The van der Waals surface area contributed by atoms with Gasteiger partial charge in [0.15, 0.2) is 0 Å². The lowest BCUT2D eigenvalue weighted by atomic mass is 10.1. The van der Waals surface area contributed by atoms with Crippen LogP contribution in [0.3, 0.4) is 0 Å². The molecule has 1 amide bonds. The van der Waals surface area contributed by atoms with Gasteiger partial charge in [-0.15, -0.1) is 0 Å². The SMILES string of the molecule is COc1cccc(F)c1C(=O)NCC1COCCN1. The molecule has 1 unspecified atom stereocenters. The summed E-state index contributed by atoms with van der Waals surface area (Å²) in [4.78, 5) is 12.0. The predicted molar refractivity (Wildman–Crippen MR) is 67.9 cm³/mol. The van der Waals surface area contributed by atoms with Crippen molar-refractivity contribution in [2.45, 2.75) is 6.04 Å². The van der Waals surface area contributed by atoms with Gasteiger partial charge in [0.25, 0.3) is 5.91 Å². The molecule has 1 fully saturated rings. The van der Waals surface area contributed by atoms with Crippen LogP contribution in [0, 0.1) is 5.82 Å². The molecule has 2 N–H and O–H groups in total. The number of carbonyl (C=O) groups is 1. The van der Waals surface area contributed by atoms with E-state index in [0.29, 0.717) is 19.8 Å². The molecule has 1 heterocycles. The molecule has 0 radical (unpaired) electrons. The van der Waals surface area contributed by atoms with Gasteiger partial charge in [0, 0.05) is 19.1 Å². The molecule has 2 rings (SSSR count). The number of hydrogen-bond donors (Lipinski definition) is 2. The molecule has 1 atom stereocenters. The molecular weight excluding hydrogens is 251 g/mol. The Morgan fingerprint density at radius 3 is 3.16 bits per heavy atom. The molecule has 0 aliphatic carbocycles.